The highest BCUT2D eigenvalue weighted by Gasteiger charge is 2.35. The highest BCUT2D eigenvalue weighted by molar-refractivity contribution is 7.98. The van der Waals surface area contributed by atoms with Gasteiger partial charge in [0.2, 0.25) is 11.1 Å². The van der Waals surface area contributed by atoms with E-state index in [-0.39, 0.29) is 12.4 Å². The standard InChI is InChI=1S/C23H23FN4O2S/c1-4-30-21(29)19-15(3)25-22-26-23(31-13-16-7-5-6-14(2)12-16)27-28(22)20(19)17-8-10-18(24)11-9-17/h5-12,20H,4,13H2,1-3H3,(H,25,26,27). The lowest BCUT2D eigenvalue weighted by atomic mass is 9.96. The van der Waals surface area contributed by atoms with Crippen molar-refractivity contribution < 1.29 is 13.9 Å². The van der Waals surface area contributed by atoms with E-state index in [0.29, 0.717) is 22.4 Å². The third-order valence-corrected chi connectivity index (χ3v) is 5.87. The van der Waals surface area contributed by atoms with E-state index in [1.165, 1.54) is 35.0 Å². The number of hydrogen-bond donors (Lipinski definition) is 1. The SMILES string of the molecule is CCOC(=O)C1=C(C)Nc2nc(SCc3cccc(C)c3)nn2C1c1ccc(F)cc1. The molecule has 0 bridgehead atoms. The summed E-state index contributed by atoms with van der Waals surface area (Å²) >= 11 is 1.52. The number of esters is 1. The second-order valence-corrected chi connectivity index (χ2v) is 8.22. The molecule has 8 heteroatoms. The molecule has 160 valence electrons. The Morgan fingerprint density at radius 2 is 2.00 bits per heavy atom. The van der Waals surface area contributed by atoms with Crippen LogP contribution in [0.5, 0.6) is 0 Å². The molecule has 31 heavy (non-hydrogen) atoms. The first-order valence-electron chi connectivity index (χ1n) is 10.0. The number of nitrogens with zero attached hydrogens (tertiary/aromatic N) is 3. The molecule has 2 heterocycles. The summed E-state index contributed by atoms with van der Waals surface area (Å²) < 4.78 is 20.5. The van der Waals surface area contributed by atoms with Crippen molar-refractivity contribution in [1.29, 1.82) is 0 Å². The molecule has 0 fully saturated rings. The minimum Gasteiger partial charge on any atom is -0.463 e. The summed E-state index contributed by atoms with van der Waals surface area (Å²) in [5.74, 6) is 0.483. The third-order valence-electron chi connectivity index (χ3n) is 4.96. The van der Waals surface area contributed by atoms with Crippen LogP contribution in [0.15, 0.2) is 65.0 Å². The van der Waals surface area contributed by atoms with Crippen LogP contribution in [-0.2, 0) is 15.3 Å². The van der Waals surface area contributed by atoms with Gasteiger partial charge in [0.25, 0.3) is 0 Å². The van der Waals surface area contributed by atoms with E-state index in [4.69, 9.17) is 4.74 Å². The molecule has 1 atom stereocenters. The van der Waals surface area contributed by atoms with Crippen molar-refractivity contribution in [3.05, 3.63) is 82.3 Å². The van der Waals surface area contributed by atoms with Crippen LogP contribution in [0.25, 0.3) is 0 Å². The fourth-order valence-corrected chi connectivity index (χ4v) is 4.34. The Morgan fingerprint density at radius 3 is 2.71 bits per heavy atom. The third kappa shape index (κ3) is 4.49. The van der Waals surface area contributed by atoms with Crippen LogP contribution < -0.4 is 5.32 Å². The maximum atomic E-state index is 13.5. The molecule has 1 aromatic heterocycles. The van der Waals surface area contributed by atoms with Gasteiger partial charge in [-0.25, -0.2) is 13.9 Å². The number of ether oxygens (including phenoxy) is 1. The van der Waals surface area contributed by atoms with Crippen LogP contribution in [0, 0.1) is 12.7 Å². The van der Waals surface area contributed by atoms with Crippen LogP contribution >= 0.6 is 11.8 Å². The van der Waals surface area contributed by atoms with Gasteiger partial charge >= 0.3 is 5.97 Å². The number of aryl methyl sites for hydroxylation is 1. The first-order valence-corrected chi connectivity index (χ1v) is 11.0. The van der Waals surface area contributed by atoms with E-state index < -0.39 is 12.0 Å². The van der Waals surface area contributed by atoms with Crippen molar-refractivity contribution in [2.75, 3.05) is 11.9 Å². The zero-order valence-electron chi connectivity index (χ0n) is 17.6. The maximum absolute atomic E-state index is 13.5. The van der Waals surface area contributed by atoms with Gasteiger partial charge in [-0.3, -0.25) is 0 Å². The molecule has 0 saturated carbocycles. The Hall–Kier alpha value is -3.13. The van der Waals surface area contributed by atoms with Crippen molar-refractivity contribution in [3.63, 3.8) is 0 Å². The second-order valence-electron chi connectivity index (χ2n) is 7.28. The lowest BCUT2D eigenvalue weighted by molar-refractivity contribution is -0.139. The quantitative estimate of drug-likeness (QED) is 0.437. The Bertz CT molecular complexity index is 1140. The summed E-state index contributed by atoms with van der Waals surface area (Å²) in [4.78, 5) is 17.4. The number of anilines is 1. The Balaban J connectivity index is 1.68. The van der Waals surface area contributed by atoms with E-state index in [2.05, 4.69) is 40.5 Å². The van der Waals surface area contributed by atoms with Crippen LogP contribution in [0.2, 0.25) is 0 Å². The molecule has 1 unspecified atom stereocenters. The molecule has 1 N–H and O–H groups in total. The first-order chi connectivity index (χ1) is 15.0. The average Bonchev–Trinajstić information content (AvgIpc) is 3.14. The Labute approximate surface area is 184 Å². The highest BCUT2D eigenvalue weighted by atomic mass is 32.2. The first kappa shape index (κ1) is 21.1. The normalized spacial score (nSPS) is 15.4. The summed E-state index contributed by atoms with van der Waals surface area (Å²) in [6, 6.07) is 13.8. The zero-order chi connectivity index (χ0) is 22.0. The van der Waals surface area contributed by atoms with Gasteiger partial charge in [0.1, 0.15) is 11.9 Å². The fraction of sp³-hybridized carbons (Fsp3) is 0.261. The number of carbonyl (C=O) groups excluding carboxylic acids is 1. The molecule has 4 rings (SSSR count). The topological polar surface area (TPSA) is 69.0 Å². The zero-order valence-corrected chi connectivity index (χ0v) is 18.4. The van der Waals surface area contributed by atoms with Crippen LogP contribution in [0.3, 0.4) is 0 Å². The van der Waals surface area contributed by atoms with E-state index in [1.54, 1.807) is 30.7 Å². The van der Waals surface area contributed by atoms with E-state index in [0.717, 1.165) is 11.3 Å². The highest BCUT2D eigenvalue weighted by Crippen LogP contribution is 2.37. The molecule has 3 aromatic rings. The molecular weight excluding hydrogens is 415 g/mol. The minimum absolute atomic E-state index is 0.257. The number of rotatable bonds is 6. The van der Waals surface area contributed by atoms with Crippen molar-refractivity contribution in [1.82, 2.24) is 14.8 Å². The maximum Gasteiger partial charge on any atom is 0.338 e. The molecule has 6 nitrogen and oxygen atoms in total. The van der Waals surface area contributed by atoms with Gasteiger partial charge in [-0.2, -0.15) is 4.98 Å². The molecular formula is C23H23FN4O2S. The number of fused-ring (bicyclic) bond motifs is 1. The van der Waals surface area contributed by atoms with Gasteiger partial charge in [-0.05, 0) is 44.0 Å². The number of aromatic nitrogens is 3. The van der Waals surface area contributed by atoms with Crippen molar-refractivity contribution >= 4 is 23.7 Å². The van der Waals surface area contributed by atoms with Crippen molar-refractivity contribution in [3.8, 4) is 0 Å². The smallest absolute Gasteiger partial charge is 0.338 e. The number of allylic oxidation sites excluding steroid dienone is 1. The number of nitrogens with one attached hydrogen (secondary N) is 1. The lowest BCUT2D eigenvalue weighted by Crippen LogP contribution is -2.29. The Kier molecular flexibility index (Phi) is 6.08. The predicted molar refractivity (Wildman–Crippen MR) is 118 cm³/mol. The number of benzene rings is 2. The summed E-state index contributed by atoms with van der Waals surface area (Å²) in [6.45, 7) is 5.89. The van der Waals surface area contributed by atoms with Crippen LogP contribution in [-0.4, -0.2) is 27.3 Å². The molecule has 0 aliphatic carbocycles. The molecule has 0 amide bonds. The fourth-order valence-electron chi connectivity index (χ4n) is 3.57. The van der Waals surface area contributed by atoms with Crippen molar-refractivity contribution in [2.45, 2.75) is 37.7 Å². The minimum atomic E-state index is -0.559. The number of hydrogen-bond acceptors (Lipinski definition) is 6. The molecule has 1 aliphatic heterocycles. The molecule has 0 saturated heterocycles. The van der Waals surface area contributed by atoms with Gasteiger partial charge in [0.15, 0.2) is 0 Å². The number of halogens is 1. The monoisotopic (exact) mass is 438 g/mol. The van der Waals surface area contributed by atoms with Gasteiger partial charge < -0.3 is 10.1 Å². The molecule has 2 aromatic carbocycles. The summed E-state index contributed by atoms with van der Waals surface area (Å²) in [6.07, 6.45) is 0. The summed E-state index contributed by atoms with van der Waals surface area (Å²) in [7, 11) is 0. The molecule has 0 spiro atoms. The van der Waals surface area contributed by atoms with Gasteiger partial charge in [-0.15, -0.1) is 5.10 Å². The molecule has 1 aliphatic rings. The van der Waals surface area contributed by atoms with Crippen LogP contribution in [0.4, 0.5) is 10.3 Å². The van der Waals surface area contributed by atoms with E-state index in [1.807, 2.05) is 6.07 Å². The van der Waals surface area contributed by atoms with E-state index in [9.17, 15) is 9.18 Å². The second kappa shape index (κ2) is 8.93. The summed E-state index contributed by atoms with van der Waals surface area (Å²) in [5.41, 5.74) is 4.19. The van der Waals surface area contributed by atoms with Gasteiger partial charge in [0.05, 0.1) is 12.2 Å². The predicted octanol–water partition coefficient (Wildman–Crippen LogP) is 4.87. The number of carbonyl (C=O) groups is 1. The average molecular weight is 439 g/mol. The van der Waals surface area contributed by atoms with Crippen molar-refractivity contribution in [2.24, 2.45) is 0 Å². The van der Waals surface area contributed by atoms with Gasteiger partial charge in [-0.1, -0.05) is 53.7 Å². The van der Waals surface area contributed by atoms with Gasteiger partial charge in [0, 0.05) is 11.4 Å². The largest absolute Gasteiger partial charge is 0.463 e. The lowest BCUT2D eigenvalue weighted by Gasteiger charge is -2.28. The van der Waals surface area contributed by atoms with E-state index >= 15 is 0 Å². The van der Waals surface area contributed by atoms with Crippen LogP contribution in [0.1, 0.15) is 36.6 Å². The Morgan fingerprint density at radius 1 is 1.23 bits per heavy atom. The number of thioether (sulfide) groups is 1. The molecule has 0 radical (unpaired) electrons. The summed E-state index contributed by atoms with van der Waals surface area (Å²) in [5, 5.41) is 8.43.